The lowest BCUT2D eigenvalue weighted by molar-refractivity contribution is 0.0192. The van der Waals surface area contributed by atoms with Crippen molar-refractivity contribution in [1.82, 2.24) is 9.80 Å². The van der Waals surface area contributed by atoms with Gasteiger partial charge in [-0.15, -0.1) is 0 Å². The summed E-state index contributed by atoms with van der Waals surface area (Å²) < 4.78 is 10.1. The molecule has 21 heavy (non-hydrogen) atoms. The predicted octanol–water partition coefficient (Wildman–Crippen LogP) is 1.11. The molecule has 0 aliphatic carbocycles. The number of amides is 2. The molecule has 0 bridgehead atoms. The number of carbonyl (C=O) groups is 2. The van der Waals surface area contributed by atoms with E-state index in [2.05, 4.69) is 4.99 Å². The van der Waals surface area contributed by atoms with Crippen molar-refractivity contribution in [3.63, 3.8) is 0 Å². The number of hydrogen-bond acceptors (Lipinski definition) is 6. The van der Waals surface area contributed by atoms with Crippen LogP contribution in [-0.2, 0) is 9.47 Å². The fourth-order valence-electron chi connectivity index (χ4n) is 2.60. The minimum atomic E-state index is -0.619. The number of piperidine rings is 1. The molecule has 0 radical (unpaired) electrons. The summed E-state index contributed by atoms with van der Waals surface area (Å²) in [4.78, 5) is 31.1. The summed E-state index contributed by atoms with van der Waals surface area (Å²) in [6.07, 6.45) is -0.0473. The van der Waals surface area contributed by atoms with Gasteiger partial charge in [0, 0.05) is 6.54 Å². The Balaban J connectivity index is 2.18. The highest BCUT2D eigenvalue weighted by atomic mass is 16.6. The quantitative estimate of drug-likeness (QED) is 0.722. The minimum absolute atomic E-state index is 0.0788. The third kappa shape index (κ3) is 3.03. The summed E-state index contributed by atoms with van der Waals surface area (Å²) in [5.41, 5.74) is 5.24. The summed E-state index contributed by atoms with van der Waals surface area (Å²) in [5.74, 6) is 0.0788. The first-order chi connectivity index (χ1) is 9.74. The Hall–Kier alpha value is -1.99. The molecule has 118 valence electrons. The Labute approximate surface area is 123 Å². The van der Waals surface area contributed by atoms with E-state index in [1.165, 1.54) is 16.9 Å². The number of carbonyl (C=O) groups excluding carboxylic acids is 2. The van der Waals surface area contributed by atoms with Gasteiger partial charge in [0.2, 0.25) is 5.96 Å². The van der Waals surface area contributed by atoms with Gasteiger partial charge >= 0.3 is 12.2 Å². The zero-order valence-corrected chi connectivity index (χ0v) is 12.8. The van der Waals surface area contributed by atoms with Gasteiger partial charge in [0.25, 0.3) is 0 Å². The number of aliphatic imine (C=N–C) groups is 1. The highest BCUT2D eigenvalue weighted by Crippen LogP contribution is 2.29. The van der Waals surface area contributed by atoms with Crippen LogP contribution in [0.3, 0.4) is 0 Å². The van der Waals surface area contributed by atoms with E-state index < -0.39 is 24.0 Å². The molecular weight excluding hydrogens is 276 g/mol. The molecule has 2 rings (SSSR count). The van der Waals surface area contributed by atoms with E-state index in [1.807, 2.05) is 0 Å². The van der Waals surface area contributed by atoms with Crippen molar-refractivity contribution in [2.45, 2.75) is 51.4 Å². The number of fused-ring (bicyclic) bond motifs is 1. The molecule has 0 aromatic carbocycles. The van der Waals surface area contributed by atoms with E-state index in [0.29, 0.717) is 13.0 Å². The van der Waals surface area contributed by atoms with E-state index in [0.717, 1.165) is 6.42 Å². The van der Waals surface area contributed by atoms with Crippen molar-refractivity contribution in [2.24, 2.45) is 10.7 Å². The van der Waals surface area contributed by atoms with Crippen molar-refractivity contribution < 1.29 is 19.1 Å². The van der Waals surface area contributed by atoms with Gasteiger partial charge in [0.05, 0.1) is 13.2 Å². The predicted molar refractivity (Wildman–Crippen MR) is 75.6 cm³/mol. The smallest absolute Gasteiger partial charge is 0.417 e. The average Bonchev–Trinajstić information content (AvgIpc) is 2.71. The van der Waals surface area contributed by atoms with Crippen LogP contribution in [0.5, 0.6) is 0 Å². The maximum absolute atomic E-state index is 12.3. The molecule has 2 heterocycles. The van der Waals surface area contributed by atoms with Crippen LogP contribution in [0.15, 0.2) is 4.99 Å². The number of likely N-dealkylation sites (tertiary alicyclic amines) is 1. The number of hydrogen-bond donors (Lipinski definition) is 1. The van der Waals surface area contributed by atoms with E-state index in [4.69, 9.17) is 15.2 Å². The van der Waals surface area contributed by atoms with E-state index in [1.54, 1.807) is 20.8 Å². The fraction of sp³-hybridized carbons (Fsp3) is 0.769. The van der Waals surface area contributed by atoms with Crippen molar-refractivity contribution in [3.05, 3.63) is 0 Å². The molecule has 1 fully saturated rings. The van der Waals surface area contributed by atoms with Crippen LogP contribution >= 0.6 is 0 Å². The summed E-state index contributed by atoms with van der Waals surface area (Å²) in [6.45, 7) is 5.89. The third-order valence-electron chi connectivity index (χ3n) is 3.40. The number of ether oxygens (including phenoxy) is 2. The first-order valence-electron chi connectivity index (χ1n) is 6.94. The van der Waals surface area contributed by atoms with E-state index in [9.17, 15) is 9.59 Å². The van der Waals surface area contributed by atoms with Crippen LogP contribution in [0.25, 0.3) is 0 Å². The normalized spacial score (nSPS) is 25.2. The molecule has 2 aliphatic rings. The van der Waals surface area contributed by atoms with Crippen LogP contribution in [-0.4, -0.2) is 59.4 Å². The highest BCUT2D eigenvalue weighted by molar-refractivity contribution is 5.95. The Morgan fingerprint density at radius 3 is 2.57 bits per heavy atom. The molecule has 2 aliphatic heterocycles. The number of guanidine groups is 1. The molecular formula is C13H22N4O4. The van der Waals surface area contributed by atoms with Crippen LogP contribution < -0.4 is 5.73 Å². The second kappa shape index (κ2) is 5.42. The molecule has 2 atom stereocenters. The molecule has 0 aromatic rings. The fourth-order valence-corrected chi connectivity index (χ4v) is 2.60. The number of nitrogens with zero attached hydrogens (tertiary/aromatic N) is 3. The van der Waals surface area contributed by atoms with Crippen molar-refractivity contribution in [1.29, 1.82) is 0 Å². The Morgan fingerprint density at radius 2 is 2.00 bits per heavy atom. The molecule has 8 heteroatoms. The Bertz CT molecular complexity index is 471. The van der Waals surface area contributed by atoms with Crippen molar-refractivity contribution in [2.75, 3.05) is 13.7 Å². The van der Waals surface area contributed by atoms with Gasteiger partial charge in [-0.25, -0.2) is 19.5 Å². The zero-order valence-electron chi connectivity index (χ0n) is 12.8. The minimum Gasteiger partial charge on any atom is -0.453 e. The third-order valence-corrected chi connectivity index (χ3v) is 3.40. The van der Waals surface area contributed by atoms with Crippen molar-refractivity contribution >= 4 is 18.1 Å². The molecule has 8 nitrogen and oxygen atoms in total. The summed E-state index contributed by atoms with van der Waals surface area (Å²) in [6, 6.07) is -0.298. The van der Waals surface area contributed by atoms with Crippen LogP contribution in [0.2, 0.25) is 0 Å². The molecule has 0 spiro atoms. The van der Waals surface area contributed by atoms with Gasteiger partial charge in [0.15, 0.2) is 6.17 Å². The topological polar surface area (TPSA) is 97.5 Å². The Kier molecular flexibility index (Phi) is 3.97. The van der Waals surface area contributed by atoms with Gasteiger partial charge in [0.1, 0.15) is 5.60 Å². The largest absolute Gasteiger partial charge is 0.453 e. The average molecular weight is 298 g/mol. The molecule has 0 saturated carbocycles. The molecule has 2 N–H and O–H groups in total. The van der Waals surface area contributed by atoms with Gasteiger partial charge in [-0.2, -0.15) is 0 Å². The van der Waals surface area contributed by atoms with Crippen molar-refractivity contribution in [3.8, 4) is 0 Å². The van der Waals surface area contributed by atoms with E-state index in [-0.39, 0.29) is 12.0 Å². The monoisotopic (exact) mass is 298 g/mol. The SMILES string of the molecule is COC(=O)N1CCC[C@@H]2[C@H]1N=C(N)N2C(=O)OC(C)(C)C. The summed E-state index contributed by atoms with van der Waals surface area (Å²) >= 11 is 0. The standard InChI is InChI=1S/C13H22N4O4/c1-13(2,3)21-12(19)17-8-6-5-7-16(11(18)20-4)9(8)15-10(17)14/h8-9H,5-7H2,1-4H3,(H2,14,15)/t8-,9+/m1/s1. The highest BCUT2D eigenvalue weighted by Gasteiger charge is 2.47. The number of methoxy groups -OCH3 is 1. The summed E-state index contributed by atoms with van der Waals surface area (Å²) in [5, 5.41) is 0. The first kappa shape index (κ1) is 15.4. The second-order valence-corrected chi connectivity index (χ2v) is 6.12. The van der Waals surface area contributed by atoms with Gasteiger partial charge in [-0.1, -0.05) is 0 Å². The van der Waals surface area contributed by atoms with Crippen LogP contribution in [0.1, 0.15) is 33.6 Å². The number of nitrogens with two attached hydrogens (primary N) is 1. The van der Waals surface area contributed by atoms with Gasteiger partial charge in [-0.05, 0) is 33.6 Å². The van der Waals surface area contributed by atoms with Gasteiger partial charge in [-0.3, -0.25) is 4.90 Å². The van der Waals surface area contributed by atoms with Gasteiger partial charge < -0.3 is 15.2 Å². The molecule has 0 aromatic heterocycles. The van der Waals surface area contributed by atoms with Crippen LogP contribution in [0.4, 0.5) is 9.59 Å². The molecule has 1 saturated heterocycles. The maximum Gasteiger partial charge on any atom is 0.417 e. The lowest BCUT2D eigenvalue weighted by atomic mass is 10.0. The lowest BCUT2D eigenvalue weighted by Crippen LogP contribution is -2.55. The Morgan fingerprint density at radius 1 is 1.33 bits per heavy atom. The molecule has 2 amide bonds. The van der Waals surface area contributed by atoms with E-state index >= 15 is 0 Å². The zero-order chi connectivity index (χ0) is 15.8. The van der Waals surface area contributed by atoms with Crippen LogP contribution in [0, 0.1) is 0 Å². The first-order valence-corrected chi connectivity index (χ1v) is 6.94. The number of rotatable bonds is 0. The second-order valence-electron chi connectivity index (χ2n) is 6.12. The molecule has 0 unspecified atom stereocenters. The lowest BCUT2D eigenvalue weighted by Gasteiger charge is -2.37. The maximum atomic E-state index is 12.3. The summed E-state index contributed by atoms with van der Waals surface area (Å²) in [7, 11) is 1.32.